The second-order valence-corrected chi connectivity index (χ2v) is 12.9. The van der Waals surface area contributed by atoms with Crippen LogP contribution >= 0.6 is 12.2 Å². The maximum atomic E-state index is 13.8. The SMILES string of the molecule is C[C@@H]1C(=O)OC2[C@H](O)C34C5OC(=O)[C@]3(OC3OC(=O)[C@H](OC(=S)Oc6ccccc6)C34[C@H](C(C)(C)C)[C@H]5O)[C@]21O. The van der Waals surface area contributed by atoms with Crippen LogP contribution in [0.5, 0.6) is 5.75 Å². The third-order valence-electron chi connectivity index (χ3n) is 10.1. The fourth-order valence-corrected chi connectivity index (χ4v) is 9.28. The molecule has 2 spiro atoms. The summed E-state index contributed by atoms with van der Waals surface area (Å²) in [6.45, 7) is 6.74. The van der Waals surface area contributed by atoms with Gasteiger partial charge in [0.2, 0.25) is 18.0 Å². The molecule has 2 aliphatic carbocycles. The molecule has 4 aliphatic heterocycles. The van der Waals surface area contributed by atoms with Gasteiger partial charge in [0.1, 0.15) is 23.4 Å². The lowest BCUT2D eigenvalue weighted by molar-refractivity contribution is -0.240. The van der Waals surface area contributed by atoms with Gasteiger partial charge in [-0.2, -0.15) is 0 Å². The summed E-state index contributed by atoms with van der Waals surface area (Å²) in [5.74, 6) is -4.89. The first-order valence-electron chi connectivity index (χ1n) is 13.0. The Labute approximate surface area is 233 Å². The first kappa shape index (κ1) is 26.1. The van der Waals surface area contributed by atoms with Crippen molar-refractivity contribution in [2.45, 2.75) is 75.7 Å². The van der Waals surface area contributed by atoms with E-state index in [9.17, 15) is 29.7 Å². The van der Waals surface area contributed by atoms with Gasteiger partial charge in [-0.05, 0) is 24.5 Å². The number of aliphatic hydroxyl groups excluding tert-OH is 2. The Bertz CT molecular complexity index is 1360. The quantitative estimate of drug-likeness (QED) is 0.245. The van der Waals surface area contributed by atoms with E-state index in [0.717, 1.165) is 0 Å². The number of thiocarbonyl (C=S) groups is 1. The highest BCUT2D eigenvalue weighted by Gasteiger charge is 3.05. The molecule has 7 rings (SSSR count). The van der Waals surface area contributed by atoms with Crippen LogP contribution in [0.1, 0.15) is 27.7 Å². The number of ether oxygens (including phenoxy) is 6. The molecule has 4 saturated heterocycles. The van der Waals surface area contributed by atoms with Gasteiger partial charge >= 0.3 is 23.1 Å². The Morgan fingerprint density at radius 3 is 2.33 bits per heavy atom. The lowest BCUT2D eigenvalue weighted by Crippen LogP contribution is -2.67. The van der Waals surface area contributed by atoms with Gasteiger partial charge in [-0.1, -0.05) is 39.0 Å². The van der Waals surface area contributed by atoms with Crippen molar-refractivity contribution >= 4 is 35.4 Å². The molecule has 0 aromatic heterocycles. The zero-order valence-electron chi connectivity index (χ0n) is 21.9. The molecule has 1 aromatic rings. The van der Waals surface area contributed by atoms with Crippen molar-refractivity contribution in [3.05, 3.63) is 30.3 Å². The number of carbonyl (C=O) groups is 3. The van der Waals surface area contributed by atoms with Crippen molar-refractivity contribution in [2.75, 3.05) is 0 Å². The molecule has 6 fully saturated rings. The number of aliphatic hydroxyl groups is 3. The third-order valence-corrected chi connectivity index (χ3v) is 10.3. The van der Waals surface area contributed by atoms with Gasteiger partial charge in [0.25, 0.3) is 0 Å². The lowest BCUT2D eigenvalue weighted by Gasteiger charge is -2.48. The van der Waals surface area contributed by atoms with E-state index < -0.39 is 99.2 Å². The zero-order valence-corrected chi connectivity index (χ0v) is 22.7. The largest absolute Gasteiger partial charge is 0.456 e. The van der Waals surface area contributed by atoms with Crippen molar-refractivity contribution < 1.29 is 58.1 Å². The number of hydrogen-bond donors (Lipinski definition) is 3. The summed E-state index contributed by atoms with van der Waals surface area (Å²) >= 11 is 5.35. The van der Waals surface area contributed by atoms with Crippen LogP contribution in [-0.4, -0.2) is 86.5 Å². The molecule has 13 heteroatoms. The Kier molecular flexibility index (Phi) is 4.90. The molecular weight excluding hydrogens is 548 g/mol. The molecule has 40 heavy (non-hydrogen) atoms. The second-order valence-electron chi connectivity index (χ2n) is 12.5. The maximum absolute atomic E-state index is 13.8. The van der Waals surface area contributed by atoms with Crippen molar-refractivity contribution in [3.63, 3.8) is 0 Å². The van der Waals surface area contributed by atoms with Gasteiger partial charge in [0.05, 0.1) is 17.4 Å². The molecule has 214 valence electrons. The maximum Gasteiger partial charge on any atom is 0.358 e. The molecule has 6 aliphatic rings. The minimum atomic E-state index is -2.45. The number of fused-ring (bicyclic) bond motifs is 1. The van der Waals surface area contributed by atoms with E-state index in [1.54, 1.807) is 51.1 Å². The molecule has 0 radical (unpaired) electrons. The molecule has 12 atom stereocenters. The Balaban J connectivity index is 1.46. The Morgan fingerprint density at radius 2 is 1.68 bits per heavy atom. The molecule has 12 nitrogen and oxygen atoms in total. The summed E-state index contributed by atoms with van der Waals surface area (Å²) in [6.07, 6.45) is -9.67. The van der Waals surface area contributed by atoms with E-state index in [4.69, 9.17) is 40.6 Å². The summed E-state index contributed by atoms with van der Waals surface area (Å²) in [5, 5.41) is 35.7. The summed E-state index contributed by atoms with van der Waals surface area (Å²) in [4.78, 5) is 40.1. The van der Waals surface area contributed by atoms with Crippen molar-refractivity contribution in [2.24, 2.45) is 28.1 Å². The van der Waals surface area contributed by atoms with Gasteiger partial charge in [-0.25, -0.2) is 9.59 Å². The average Bonchev–Trinajstić information content (AvgIpc) is 3.57. The van der Waals surface area contributed by atoms with Crippen LogP contribution in [0.15, 0.2) is 30.3 Å². The molecule has 0 bridgehead atoms. The van der Waals surface area contributed by atoms with E-state index in [2.05, 4.69) is 0 Å². The van der Waals surface area contributed by atoms with Crippen LogP contribution < -0.4 is 4.74 Å². The minimum absolute atomic E-state index is 0.324. The monoisotopic (exact) mass is 576 g/mol. The molecular formula is C27H28O12S. The Morgan fingerprint density at radius 1 is 1.00 bits per heavy atom. The van der Waals surface area contributed by atoms with Gasteiger partial charge < -0.3 is 43.7 Å². The normalized spacial score (nSPS) is 49.5. The molecule has 5 unspecified atom stereocenters. The number of para-hydroxylation sites is 1. The fraction of sp³-hybridized carbons (Fsp3) is 0.630. The number of rotatable bonds is 2. The summed E-state index contributed by atoms with van der Waals surface area (Å²) in [6, 6.07) is 8.43. The number of benzene rings is 1. The molecule has 2 saturated carbocycles. The predicted octanol–water partition coefficient (Wildman–Crippen LogP) is -0.0105. The van der Waals surface area contributed by atoms with Crippen LogP contribution in [0.3, 0.4) is 0 Å². The second kappa shape index (κ2) is 7.51. The van der Waals surface area contributed by atoms with Crippen molar-refractivity contribution in [3.8, 4) is 5.75 Å². The fourth-order valence-electron chi connectivity index (χ4n) is 9.09. The summed E-state index contributed by atoms with van der Waals surface area (Å²) in [7, 11) is 0. The lowest BCUT2D eigenvalue weighted by atomic mass is 9.51. The highest BCUT2D eigenvalue weighted by Crippen LogP contribution is 2.84. The van der Waals surface area contributed by atoms with Crippen LogP contribution in [0, 0.1) is 28.1 Å². The van der Waals surface area contributed by atoms with Crippen molar-refractivity contribution in [1.82, 2.24) is 0 Å². The summed E-state index contributed by atoms with van der Waals surface area (Å²) < 4.78 is 34.8. The third kappa shape index (κ3) is 2.38. The Hall–Kier alpha value is -2.84. The van der Waals surface area contributed by atoms with Gasteiger partial charge in [-0.15, -0.1) is 0 Å². The van der Waals surface area contributed by atoms with Gasteiger partial charge in [-0.3, -0.25) is 4.79 Å². The topological polar surface area (TPSA) is 167 Å². The molecule has 0 amide bonds. The number of carbonyl (C=O) groups excluding carboxylic acids is 3. The number of esters is 3. The highest BCUT2D eigenvalue weighted by molar-refractivity contribution is 7.79. The molecule has 3 N–H and O–H groups in total. The van der Waals surface area contributed by atoms with E-state index in [1.165, 1.54) is 6.92 Å². The highest BCUT2D eigenvalue weighted by atomic mass is 32.1. The van der Waals surface area contributed by atoms with Crippen LogP contribution in [0.2, 0.25) is 0 Å². The van der Waals surface area contributed by atoms with Crippen LogP contribution in [0.25, 0.3) is 0 Å². The van der Waals surface area contributed by atoms with E-state index in [0.29, 0.717) is 5.75 Å². The van der Waals surface area contributed by atoms with E-state index >= 15 is 0 Å². The predicted molar refractivity (Wildman–Crippen MR) is 132 cm³/mol. The van der Waals surface area contributed by atoms with Crippen LogP contribution in [0.4, 0.5) is 0 Å². The van der Waals surface area contributed by atoms with Crippen LogP contribution in [-0.2, 0) is 38.1 Å². The molecule has 4 heterocycles. The first-order chi connectivity index (χ1) is 18.7. The van der Waals surface area contributed by atoms with Gasteiger partial charge in [0, 0.05) is 18.1 Å². The zero-order chi connectivity index (χ0) is 28.8. The van der Waals surface area contributed by atoms with Crippen molar-refractivity contribution in [1.29, 1.82) is 0 Å². The summed E-state index contributed by atoms with van der Waals surface area (Å²) in [5.41, 5.74) is -9.61. The van der Waals surface area contributed by atoms with Gasteiger partial charge in [0.15, 0.2) is 11.7 Å². The minimum Gasteiger partial charge on any atom is -0.456 e. The molecule has 1 aromatic carbocycles. The average molecular weight is 577 g/mol. The number of hydrogen-bond acceptors (Lipinski definition) is 13. The van der Waals surface area contributed by atoms with E-state index in [-0.39, 0.29) is 0 Å². The standard InChI is InChI=1S/C27H28O12S/c1-10-18(30)35-16-14(29)25-15-12(28)13(23(2,3)4)24(25)17(37-22(40)34-11-8-6-5-7-9-11)19(31)38-21(24)39-27(25,20(32)36-15)26(10,16)33/h5-10,12-17,21,28-29,33H,1-4H3/t10-,12-,13+,14+,15?,16?,17+,21?,24?,25?,26-,27-/m1/s1. The first-order valence-corrected chi connectivity index (χ1v) is 13.4. The smallest absolute Gasteiger partial charge is 0.358 e. The van der Waals surface area contributed by atoms with E-state index in [1.807, 2.05) is 0 Å².